The van der Waals surface area contributed by atoms with E-state index in [9.17, 15) is 9.18 Å². The molecule has 3 aromatic rings. The van der Waals surface area contributed by atoms with E-state index in [1.807, 2.05) is 24.3 Å². The van der Waals surface area contributed by atoms with Gasteiger partial charge >= 0.3 is 5.97 Å². The van der Waals surface area contributed by atoms with Gasteiger partial charge in [-0.2, -0.15) is 0 Å². The third kappa shape index (κ3) is 6.11. The second-order valence-corrected chi connectivity index (χ2v) is 9.04. The van der Waals surface area contributed by atoms with E-state index in [1.54, 1.807) is 37.4 Å². The van der Waals surface area contributed by atoms with Gasteiger partial charge in [0.2, 0.25) is 0 Å². The maximum absolute atomic E-state index is 14.7. The number of ether oxygens (including phenoxy) is 2. The summed E-state index contributed by atoms with van der Waals surface area (Å²) in [6.07, 6.45) is -0.152. The highest BCUT2D eigenvalue weighted by Gasteiger charge is 2.21. The Balaban J connectivity index is 1.87. The fourth-order valence-corrected chi connectivity index (χ4v) is 3.68. The van der Waals surface area contributed by atoms with Crippen LogP contribution < -0.4 is 15.2 Å². The molecule has 5 nitrogen and oxygen atoms in total. The van der Waals surface area contributed by atoms with Crippen LogP contribution in [0.25, 0.3) is 11.1 Å². The number of hydrogen-bond donors (Lipinski definition) is 2. The van der Waals surface area contributed by atoms with Crippen LogP contribution in [-0.4, -0.2) is 18.2 Å². The van der Waals surface area contributed by atoms with Gasteiger partial charge in [-0.05, 0) is 58.0 Å². The van der Waals surface area contributed by atoms with Gasteiger partial charge < -0.3 is 20.3 Å². The number of aliphatic carboxylic acids is 1. The molecule has 3 N–H and O–H groups in total. The van der Waals surface area contributed by atoms with Gasteiger partial charge in [0, 0.05) is 11.6 Å². The van der Waals surface area contributed by atoms with Crippen molar-refractivity contribution in [3.63, 3.8) is 0 Å². The molecule has 0 aliphatic carbocycles. The van der Waals surface area contributed by atoms with Crippen molar-refractivity contribution in [2.24, 2.45) is 5.73 Å². The summed E-state index contributed by atoms with van der Waals surface area (Å²) in [6.45, 7) is 6.56. The molecule has 0 heterocycles. The van der Waals surface area contributed by atoms with E-state index in [2.05, 4.69) is 20.8 Å². The molecule has 174 valence electrons. The minimum absolute atomic E-state index is 0.152. The van der Waals surface area contributed by atoms with Crippen LogP contribution in [0.5, 0.6) is 11.5 Å². The third-order valence-corrected chi connectivity index (χ3v) is 5.44. The lowest BCUT2D eigenvalue weighted by Gasteiger charge is -2.24. The van der Waals surface area contributed by atoms with E-state index < -0.39 is 12.0 Å². The molecular formula is C27H30FNO4. The Morgan fingerprint density at radius 1 is 1.03 bits per heavy atom. The molecule has 3 aromatic carbocycles. The first-order valence-electron chi connectivity index (χ1n) is 10.8. The smallest absolute Gasteiger partial charge is 0.305 e. The maximum Gasteiger partial charge on any atom is 0.305 e. The number of carboxylic acids is 1. The van der Waals surface area contributed by atoms with E-state index >= 15 is 0 Å². The molecule has 0 aliphatic heterocycles. The standard InChI is InChI=1S/C27H30FNO4/c1-27(2,3)23-12-17(8-10-21(23)22-14-19(32-4)9-11-24(22)28)16-33-20-7-5-6-18(13-20)25(29)15-26(30)31/h5-14,25H,15-16,29H2,1-4H3,(H,30,31)/t25-/m1/s1. The zero-order valence-corrected chi connectivity index (χ0v) is 19.4. The molecule has 0 unspecified atom stereocenters. The van der Waals surface area contributed by atoms with Gasteiger partial charge in [0.05, 0.1) is 13.5 Å². The van der Waals surface area contributed by atoms with Crippen LogP contribution in [0.3, 0.4) is 0 Å². The highest BCUT2D eigenvalue weighted by Crippen LogP contribution is 2.36. The number of hydrogen-bond acceptors (Lipinski definition) is 4. The van der Waals surface area contributed by atoms with Crippen LogP contribution in [0.2, 0.25) is 0 Å². The largest absolute Gasteiger partial charge is 0.497 e. The molecule has 0 radical (unpaired) electrons. The molecule has 1 atom stereocenters. The van der Waals surface area contributed by atoms with E-state index in [-0.39, 0.29) is 17.7 Å². The summed E-state index contributed by atoms with van der Waals surface area (Å²) in [4.78, 5) is 10.9. The van der Waals surface area contributed by atoms with Gasteiger partial charge in [0.25, 0.3) is 0 Å². The molecule has 0 fully saturated rings. The monoisotopic (exact) mass is 451 g/mol. The Kier molecular flexibility index (Phi) is 7.39. The van der Waals surface area contributed by atoms with Crippen molar-refractivity contribution in [2.75, 3.05) is 7.11 Å². The number of rotatable bonds is 8. The minimum Gasteiger partial charge on any atom is -0.497 e. The van der Waals surface area contributed by atoms with Crippen LogP contribution in [0, 0.1) is 5.82 Å². The number of methoxy groups -OCH3 is 1. The lowest BCUT2D eigenvalue weighted by Crippen LogP contribution is -2.15. The van der Waals surface area contributed by atoms with Crippen LogP contribution in [0.15, 0.2) is 60.7 Å². The van der Waals surface area contributed by atoms with Crippen molar-refractivity contribution in [2.45, 2.75) is 45.3 Å². The number of nitrogens with two attached hydrogens (primary N) is 1. The summed E-state index contributed by atoms with van der Waals surface area (Å²) in [5, 5.41) is 8.97. The summed E-state index contributed by atoms with van der Waals surface area (Å²) in [7, 11) is 1.56. The fourth-order valence-electron chi connectivity index (χ4n) is 3.68. The summed E-state index contributed by atoms with van der Waals surface area (Å²) in [5.41, 5.74) is 9.67. The Morgan fingerprint density at radius 2 is 1.79 bits per heavy atom. The summed E-state index contributed by atoms with van der Waals surface area (Å²) < 4.78 is 25.9. The molecule has 0 saturated carbocycles. The second kappa shape index (κ2) is 10.0. The number of benzene rings is 3. The van der Waals surface area contributed by atoms with Gasteiger partial charge in [0.15, 0.2) is 0 Å². The predicted molar refractivity (Wildman–Crippen MR) is 127 cm³/mol. The first kappa shape index (κ1) is 24.3. The van der Waals surface area contributed by atoms with Gasteiger partial charge in [-0.1, -0.05) is 51.1 Å². The first-order valence-corrected chi connectivity index (χ1v) is 10.8. The topological polar surface area (TPSA) is 81.8 Å². The second-order valence-electron chi connectivity index (χ2n) is 9.04. The van der Waals surface area contributed by atoms with Crippen molar-refractivity contribution < 1.29 is 23.8 Å². The van der Waals surface area contributed by atoms with E-state index in [0.29, 0.717) is 29.2 Å². The highest BCUT2D eigenvalue weighted by molar-refractivity contribution is 5.71. The molecule has 33 heavy (non-hydrogen) atoms. The van der Waals surface area contributed by atoms with Crippen LogP contribution in [0.4, 0.5) is 4.39 Å². The van der Waals surface area contributed by atoms with Crippen molar-refractivity contribution in [1.29, 1.82) is 0 Å². The molecule has 6 heteroatoms. The Hall–Kier alpha value is -3.38. The van der Waals surface area contributed by atoms with Crippen molar-refractivity contribution in [3.8, 4) is 22.6 Å². The molecule has 0 amide bonds. The quantitative estimate of drug-likeness (QED) is 0.449. The maximum atomic E-state index is 14.7. The zero-order chi connectivity index (χ0) is 24.2. The lowest BCUT2D eigenvalue weighted by molar-refractivity contribution is -0.137. The Bertz CT molecular complexity index is 1140. The highest BCUT2D eigenvalue weighted by atomic mass is 19.1. The van der Waals surface area contributed by atoms with Gasteiger partial charge in [-0.25, -0.2) is 4.39 Å². The minimum atomic E-state index is -0.948. The SMILES string of the molecule is COc1ccc(F)c(-c2ccc(COc3cccc([C@H](N)CC(=O)O)c3)cc2C(C)(C)C)c1. The molecule has 0 aromatic heterocycles. The summed E-state index contributed by atoms with van der Waals surface area (Å²) in [6, 6.07) is 17.1. The van der Waals surface area contributed by atoms with E-state index in [0.717, 1.165) is 16.7 Å². The normalized spacial score (nSPS) is 12.3. The van der Waals surface area contributed by atoms with Crippen molar-refractivity contribution in [1.82, 2.24) is 0 Å². The third-order valence-electron chi connectivity index (χ3n) is 5.44. The number of halogens is 1. The summed E-state index contributed by atoms with van der Waals surface area (Å²) >= 11 is 0. The zero-order valence-electron chi connectivity index (χ0n) is 19.4. The molecular weight excluding hydrogens is 421 g/mol. The van der Waals surface area contributed by atoms with Crippen LogP contribution >= 0.6 is 0 Å². The fraction of sp³-hybridized carbons (Fsp3) is 0.296. The van der Waals surface area contributed by atoms with Gasteiger partial charge in [0.1, 0.15) is 23.9 Å². The van der Waals surface area contributed by atoms with Crippen LogP contribution in [-0.2, 0) is 16.8 Å². The van der Waals surface area contributed by atoms with Crippen LogP contribution in [0.1, 0.15) is 49.9 Å². The van der Waals surface area contributed by atoms with E-state index in [4.69, 9.17) is 20.3 Å². The number of carbonyl (C=O) groups is 1. The molecule has 0 spiro atoms. The average molecular weight is 452 g/mol. The predicted octanol–water partition coefficient (Wildman–Crippen LogP) is 5.85. The first-order chi connectivity index (χ1) is 15.6. The van der Waals surface area contributed by atoms with Gasteiger partial charge in [-0.3, -0.25) is 4.79 Å². The average Bonchev–Trinajstić information content (AvgIpc) is 2.77. The Labute approximate surface area is 194 Å². The van der Waals surface area contributed by atoms with Crippen molar-refractivity contribution in [3.05, 3.63) is 83.2 Å². The summed E-state index contributed by atoms with van der Waals surface area (Å²) in [5.74, 6) is -0.0517. The lowest BCUT2D eigenvalue weighted by atomic mass is 9.81. The molecule has 0 aliphatic rings. The van der Waals surface area contributed by atoms with Crippen molar-refractivity contribution >= 4 is 5.97 Å². The van der Waals surface area contributed by atoms with Gasteiger partial charge in [-0.15, -0.1) is 0 Å². The molecule has 3 rings (SSSR count). The molecule has 0 bridgehead atoms. The molecule has 0 saturated heterocycles. The van der Waals surface area contributed by atoms with E-state index in [1.165, 1.54) is 6.07 Å². The number of carboxylic acid groups (broad SMARTS) is 1. The Morgan fingerprint density at radius 3 is 2.45 bits per heavy atom.